The minimum absolute atomic E-state index is 0.641. The lowest BCUT2D eigenvalue weighted by atomic mass is 9.95. The smallest absolute Gasteiger partial charge is 0.102 e. The van der Waals surface area contributed by atoms with Crippen molar-refractivity contribution in [3.63, 3.8) is 0 Å². The molecule has 0 aliphatic carbocycles. The van der Waals surface area contributed by atoms with Crippen LogP contribution in [0.5, 0.6) is 0 Å². The van der Waals surface area contributed by atoms with Gasteiger partial charge in [-0.25, -0.2) is 0 Å². The number of nitrogens with one attached hydrogen (secondary N) is 1. The Kier molecular flexibility index (Phi) is 2.68. The normalized spacial score (nSPS) is 14.5. The summed E-state index contributed by atoms with van der Waals surface area (Å²) in [5, 5.41) is 20.2. The number of aromatic amines is 1. The zero-order valence-electron chi connectivity index (χ0n) is 10.3. The van der Waals surface area contributed by atoms with E-state index in [1.54, 1.807) is 13.0 Å². The second kappa shape index (κ2) is 3.90. The average Bonchev–Trinajstić information content (AvgIpc) is 2.67. The van der Waals surface area contributed by atoms with Gasteiger partial charge in [-0.3, -0.25) is 0 Å². The minimum atomic E-state index is -0.851. The number of aromatic nitrogens is 1. The van der Waals surface area contributed by atoms with Crippen LogP contribution in [0.25, 0.3) is 10.9 Å². The van der Waals surface area contributed by atoms with Crippen molar-refractivity contribution in [3.8, 4) is 6.07 Å². The molecule has 0 spiro atoms. The fraction of sp³-hybridized carbons (Fsp3) is 0.357. The summed E-state index contributed by atoms with van der Waals surface area (Å²) in [6.45, 7) is 5.72. The number of aliphatic hydroxyl groups is 1. The summed E-state index contributed by atoms with van der Waals surface area (Å²) in [7, 11) is 0. The zero-order valence-corrected chi connectivity index (χ0v) is 10.3. The Balaban J connectivity index is 2.70. The van der Waals surface area contributed by atoms with Crippen molar-refractivity contribution in [2.45, 2.75) is 32.8 Å². The summed E-state index contributed by atoms with van der Waals surface area (Å²) >= 11 is 0. The monoisotopic (exact) mass is 228 g/mol. The molecule has 0 saturated heterocycles. The van der Waals surface area contributed by atoms with Gasteiger partial charge in [0.25, 0.3) is 0 Å². The summed E-state index contributed by atoms with van der Waals surface area (Å²) in [5.41, 5.74) is 2.61. The molecule has 88 valence electrons. The number of hydrogen-bond donors (Lipinski definition) is 2. The molecule has 0 radical (unpaired) electrons. The van der Waals surface area contributed by atoms with E-state index in [0.717, 1.165) is 22.2 Å². The Morgan fingerprint density at radius 1 is 1.47 bits per heavy atom. The van der Waals surface area contributed by atoms with Crippen molar-refractivity contribution < 1.29 is 5.11 Å². The first-order chi connectivity index (χ1) is 7.99. The molecule has 2 rings (SSSR count). The highest BCUT2D eigenvalue weighted by Gasteiger charge is 2.25. The molecule has 0 amide bonds. The molecule has 3 nitrogen and oxygen atoms in total. The van der Waals surface area contributed by atoms with E-state index in [2.05, 4.69) is 11.1 Å². The Morgan fingerprint density at radius 3 is 2.76 bits per heavy atom. The predicted molar refractivity (Wildman–Crippen MR) is 67.6 cm³/mol. The lowest BCUT2D eigenvalue weighted by Gasteiger charge is -2.21. The van der Waals surface area contributed by atoms with Crippen molar-refractivity contribution in [2.24, 2.45) is 0 Å². The molecule has 0 aliphatic heterocycles. The molecule has 1 atom stereocenters. The number of H-pyrrole nitrogens is 1. The van der Waals surface area contributed by atoms with Gasteiger partial charge < -0.3 is 10.1 Å². The number of fused-ring (bicyclic) bond motifs is 1. The van der Waals surface area contributed by atoms with Crippen LogP contribution in [-0.4, -0.2) is 10.1 Å². The lowest BCUT2D eigenvalue weighted by Crippen LogP contribution is -2.21. The molecule has 1 aromatic carbocycles. The molecule has 1 heterocycles. The van der Waals surface area contributed by atoms with E-state index < -0.39 is 5.60 Å². The van der Waals surface area contributed by atoms with Gasteiger partial charge in [-0.1, -0.05) is 6.92 Å². The molecule has 2 aromatic rings. The van der Waals surface area contributed by atoms with Crippen LogP contribution in [0.4, 0.5) is 0 Å². The van der Waals surface area contributed by atoms with E-state index in [9.17, 15) is 5.11 Å². The Morgan fingerprint density at radius 2 is 2.18 bits per heavy atom. The number of nitrogens with zero attached hydrogens (tertiary/aromatic N) is 1. The molecular weight excluding hydrogens is 212 g/mol. The van der Waals surface area contributed by atoms with E-state index in [4.69, 9.17) is 5.26 Å². The van der Waals surface area contributed by atoms with Crippen LogP contribution in [0.1, 0.15) is 37.1 Å². The third-order valence-electron chi connectivity index (χ3n) is 3.41. The van der Waals surface area contributed by atoms with Crippen molar-refractivity contribution >= 4 is 10.9 Å². The second-order valence-electron chi connectivity index (χ2n) is 4.62. The zero-order chi connectivity index (χ0) is 12.6. The number of nitriles is 1. The molecule has 1 aromatic heterocycles. The number of benzene rings is 1. The second-order valence-corrected chi connectivity index (χ2v) is 4.62. The predicted octanol–water partition coefficient (Wildman–Crippen LogP) is 2.97. The van der Waals surface area contributed by atoms with E-state index in [-0.39, 0.29) is 0 Å². The van der Waals surface area contributed by atoms with Crippen LogP contribution in [0, 0.1) is 18.3 Å². The molecule has 0 fully saturated rings. The molecule has 0 aliphatic rings. The molecule has 1 unspecified atom stereocenters. The summed E-state index contributed by atoms with van der Waals surface area (Å²) in [4.78, 5) is 3.25. The standard InChI is InChI=1S/C14H16N2O/c1-4-14(3,17)13-9(2)11-7-10(8-15)5-6-12(11)16-13/h5-7,16-17H,4H2,1-3H3. The van der Waals surface area contributed by atoms with E-state index in [1.165, 1.54) is 0 Å². The lowest BCUT2D eigenvalue weighted by molar-refractivity contribution is 0.0487. The van der Waals surface area contributed by atoms with Crippen molar-refractivity contribution in [1.82, 2.24) is 4.98 Å². The van der Waals surface area contributed by atoms with Crippen LogP contribution in [-0.2, 0) is 5.60 Å². The summed E-state index contributed by atoms with van der Waals surface area (Å²) in [5.74, 6) is 0. The van der Waals surface area contributed by atoms with Gasteiger partial charge in [0.2, 0.25) is 0 Å². The summed E-state index contributed by atoms with van der Waals surface area (Å²) < 4.78 is 0. The van der Waals surface area contributed by atoms with Gasteiger partial charge in [-0.15, -0.1) is 0 Å². The SMILES string of the molecule is CCC(C)(O)c1[nH]c2ccc(C#N)cc2c1C. The summed E-state index contributed by atoms with van der Waals surface area (Å²) in [6, 6.07) is 7.65. The Hall–Kier alpha value is -1.79. The van der Waals surface area contributed by atoms with Crippen LogP contribution in [0.2, 0.25) is 0 Å². The fourth-order valence-corrected chi connectivity index (χ4v) is 2.11. The van der Waals surface area contributed by atoms with Gasteiger partial charge in [0.05, 0.1) is 17.3 Å². The number of rotatable bonds is 2. The largest absolute Gasteiger partial charge is 0.384 e. The fourth-order valence-electron chi connectivity index (χ4n) is 2.11. The highest BCUT2D eigenvalue weighted by molar-refractivity contribution is 5.86. The van der Waals surface area contributed by atoms with E-state index in [1.807, 2.05) is 26.0 Å². The van der Waals surface area contributed by atoms with Crippen LogP contribution < -0.4 is 0 Å². The molecule has 17 heavy (non-hydrogen) atoms. The van der Waals surface area contributed by atoms with E-state index in [0.29, 0.717) is 12.0 Å². The third kappa shape index (κ3) is 1.81. The molecular formula is C14H16N2O. The first kappa shape index (κ1) is 11.7. The maximum Gasteiger partial charge on any atom is 0.102 e. The maximum absolute atomic E-state index is 10.3. The molecule has 3 heteroatoms. The minimum Gasteiger partial charge on any atom is -0.384 e. The van der Waals surface area contributed by atoms with Gasteiger partial charge >= 0.3 is 0 Å². The van der Waals surface area contributed by atoms with Gasteiger partial charge in [0, 0.05) is 10.9 Å². The molecule has 0 bridgehead atoms. The number of aryl methyl sites for hydroxylation is 1. The van der Waals surface area contributed by atoms with Gasteiger partial charge in [0.15, 0.2) is 0 Å². The highest BCUT2D eigenvalue weighted by Crippen LogP contribution is 2.31. The van der Waals surface area contributed by atoms with Gasteiger partial charge in [0.1, 0.15) is 5.60 Å². The van der Waals surface area contributed by atoms with Gasteiger partial charge in [-0.05, 0) is 44.0 Å². The van der Waals surface area contributed by atoms with Crippen LogP contribution >= 0.6 is 0 Å². The molecule has 0 saturated carbocycles. The molecule has 2 N–H and O–H groups in total. The van der Waals surface area contributed by atoms with Crippen LogP contribution in [0.15, 0.2) is 18.2 Å². The maximum atomic E-state index is 10.3. The number of hydrogen-bond acceptors (Lipinski definition) is 2. The Labute approximate surface area is 101 Å². The van der Waals surface area contributed by atoms with Crippen molar-refractivity contribution in [3.05, 3.63) is 35.0 Å². The Bertz CT molecular complexity index is 602. The van der Waals surface area contributed by atoms with Crippen molar-refractivity contribution in [2.75, 3.05) is 0 Å². The van der Waals surface area contributed by atoms with E-state index >= 15 is 0 Å². The first-order valence-electron chi connectivity index (χ1n) is 5.75. The highest BCUT2D eigenvalue weighted by atomic mass is 16.3. The van der Waals surface area contributed by atoms with Crippen molar-refractivity contribution in [1.29, 1.82) is 5.26 Å². The third-order valence-corrected chi connectivity index (χ3v) is 3.41. The topological polar surface area (TPSA) is 59.8 Å². The summed E-state index contributed by atoms with van der Waals surface area (Å²) in [6.07, 6.45) is 0.645. The first-order valence-corrected chi connectivity index (χ1v) is 5.75. The quantitative estimate of drug-likeness (QED) is 0.830. The van der Waals surface area contributed by atoms with Gasteiger partial charge in [-0.2, -0.15) is 5.26 Å². The van der Waals surface area contributed by atoms with Crippen LogP contribution in [0.3, 0.4) is 0 Å². The average molecular weight is 228 g/mol.